The molecule has 0 aromatic heterocycles. The van der Waals surface area contributed by atoms with Gasteiger partial charge in [-0.15, -0.1) is 0 Å². The maximum absolute atomic E-state index is 11.8. The van der Waals surface area contributed by atoms with Gasteiger partial charge in [0.25, 0.3) is 0 Å². The summed E-state index contributed by atoms with van der Waals surface area (Å²) in [6.07, 6.45) is 4.00. The normalized spacial score (nSPS) is 11.7. The van der Waals surface area contributed by atoms with Gasteiger partial charge in [-0.25, -0.2) is 4.79 Å². The Labute approximate surface area is 131 Å². The van der Waals surface area contributed by atoms with E-state index in [4.69, 9.17) is 9.84 Å². The minimum absolute atomic E-state index is 0.197. The van der Waals surface area contributed by atoms with E-state index in [0.29, 0.717) is 19.3 Å². The van der Waals surface area contributed by atoms with Crippen molar-refractivity contribution in [2.75, 3.05) is 7.11 Å². The van der Waals surface area contributed by atoms with Gasteiger partial charge < -0.3 is 15.2 Å². The lowest BCUT2D eigenvalue weighted by atomic mass is 10.1. The second-order valence-corrected chi connectivity index (χ2v) is 5.30. The molecule has 0 heterocycles. The first-order chi connectivity index (χ1) is 10.6. The zero-order valence-corrected chi connectivity index (χ0v) is 13.3. The summed E-state index contributed by atoms with van der Waals surface area (Å²) < 4.78 is 5.09. The van der Waals surface area contributed by atoms with Crippen molar-refractivity contribution in [2.24, 2.45) is 0 Å². The molecule has 0 fully saturated rings. The average Bonchev–Trinajstić information content (AvgIpc) is 2.51. The highest BCUT2D eigenvalue weighted by molar-refractivity contribution is 5.83. The number of unbranched alkanes of at least 4 members (excludes halogenated alkanes) is 1. The molecule has 0 radical (unpaired) electrons. The summed E-state index contributed by atoms with van der Waals surface area (Å²) in [4.78, 5) is 22.9. The number of ether oxygens (including phenoxy) is 1. The van der Waals surface area contributed by atoms with E-state index < -0.39 is 12.0 Å². The Morgan fingerprint density at radius 3 is 2.45 bits per heavy atom. The van der Waals surface area contributed by atoms with Crippen molar-refractivity contribution in [3.8, 4) is 5.75 Å². The van der Waals surface area contributed by atoms with Crippen LogP contribution < -0.4 is 10.1 Å². The number of carboxylic acids is 1. The van der Waals surface area contributed by atoms with E-state index in [1.54, 1.807) is 7.11 Å². The standard InChI is InChI=1S/C17H25NO4/c1-3-4-7-15(17(20)21)18-16(19)8-5-6-13-9-11-14(22-2)12-10-13/h9-12,15H,3-8H2,1-2H3,(H,18,19)(H,20,21)/t15-/m0/s1. The number of aliphatic carboxylic acids is 1. The maximum Gasteiger partial charge on any atom is 0.326 e. The van der Waals surface area contributed by atoms with Gasteiger partial charge in [0.15, 0.2) is 0 Å². The molecule has 0 saturated heterocycles. The number of carbonyl (C=O) groups excluding carboxylic acids is 1. The van der Waals surface area contributed by atoms with Crippen LogP contribution in [0.25, 0.3) is 0 Å². The summed E-state index contributed by atoms with van der Waals surface area (Å²) >= 11 is 0. The SMILES string of the molecule is CCCC[C@H](NC(=O)CCCc1ccc(OC)cc1)C(=O)O. The van der Waals surface area contributed by atoms with Gasteiger partial charge in [0.1, 0.15) is 11.8 Å². The molecular formula is C17H25NO4. The number of methoxy groups -OCH3 is 1. The molecule has 22 heavy (non-hydrogen) atoms. The van der Waals surface area contributed by atoms with Gasteiger partial charge in [-0.05, 0) is 37.0 Å². The fourth-order valence-electron chi connectivity index (χ4n) is 2.18. The largest absolute Gasteiger partial charge is 0.497 e. The molecule has 2 N–H and O–H groups in total. The molecule has 1 aromatic rings. The van der Waals surface area contributed by atoms with Gasteiger partial charge >= 0.3 is 5.97 Å². The third-order valence-corrected chi connectivity index (χ3v) is 3.51. The fraction of sp³-hybridized carbons (Fsp3) is 0.529. The molecule has 0 aliphatic heterocycles. The number of hydrogen-bond acceptors (Lipinski definition) is 3. The van der Waals surface area contributed by atoms with E-state index >= 15 is 0 Å². The third-order valence-electron chi connectivity index (χ3n) is 3.51. The summed E-state index contributed by atoms with van der Waals surface area (Å²) in [5, 5.41) is 11.7. The molecule has 5 nitrogen and oxygen atoms in total. The predicted molar refractivity (Wildman–Crippen MR) is 85.0 cm³/mol. The van der Waals surface area contributed by atoms with Gasteiger partial charge in [0.2, 0.25) is 5.91 Å². The Morgan fingerprint density at radius 2 is 1.91 bits per heavy atom. The summed E-state index contributed by atoms with van der Waals surface area (Å²) in [6, 6.07) is 6.95. The van der Waals surface area contributed by atoms with Gasteiger partial charge in [0.05, 0.1) is 7.11 Å². The number of carbonyl (C=O) groups is 2. The van der Waals surface area contributed by atoms with Crippen LogP contribution in [-0.4, -0.2) is 30.1 Å². The molecular weight excluding hydrogens is 282 g/mol. The molecule has 1 atom stereocenters. The van der Waals surface area contributed by atoms with Crippen molar-refractivity contribution in [1.29, 1.82) is 0 Å². The molecule has 1 amide bonds. The number of carboxylic acid groups (broad SMARTS) is 1. The Kier molecular flexibility index (Phi) is 8.04. The molecule has 0 spiro atoms. The number of nitrogens with one attached hydrogen (secondary N) is 1. The number of rotatable bonds is 10. The minimum atomic E-state index is -0.961. The van der Waals surface area contributed by atoms with Gasteiger partial charge in [-0.1, -0.05) is 31.9 Å². The van der Waals surface area contributed by atoms with Crippen molar-refractivity contribution in [3.05, 3.63) is 29.8 Å². The molecule has 122 valence electrons. The van der Waals surface area contributed by atoms with E-state index in [1.165, 1.54) is 0 Å². The van der Waals surface area contributed by atoms with E-state index in [0.717, 1.165) is 30.6 Å². The Morgan fingerprint density at radius 1 is 1.23 bits per heavy atom. The second-order valence-electron chi connectivity index (χ2n) is 5.30. The average molecular weight is 307 g/mol. The summed E-state index contributed by atoms with van der Waals surface area (Å²) in [5.41, 5.74) is 1.13. The lowest BCUT2D eigenvalue weighted by molar-refractivity contribution is -0.142. The number of benzene rings is 1. The molecule has 1 rings (SSSR count). The number of hydrogen-bond donors (Lipinski definition) is 2. The Bertz CT molecular complexity index is 470. The maximum atomic E-state index is 11.8. The van der Waals surface area contributed by atoms with Gasteiger partial charge in [-0.3, -0.25) is 4.79 Å². The molecule has 0 bridgehead atoms. The number of aryl methyl sites for hydroxylation is 1. The zero-order valence-electron chi connectivity index (χ0n) is 13.3. The van der Waals surface area contributed by atoms with Crippen LogP contribution in [0.1, 0.15) is 44.6 Å². The summed E-state index contributed by atoms with van der Waals surface area (Å²) in [7, 11) is 1.62. The van der Waals surface area contributed by atoms with E-state index in [2.05, 4.69) is 5.32 Å². The zero-order chi connectivity index (χ0) is 16.4. The molecule has 0 aliphatic rings. The van der Waals surface area contributed by atoms with Gasteiger partial charge in [-0.2, -0.15) is 0 Å². The van der Waals surface area contributed by atoms with E-state index in [9.17, 15) is 9.59 Å². The van der Waals surface area contributed by atoms with Gasteiger partial charge in [0, 0.05) is 6.42 Å². The highest BCUT2D eigenvalue weighted by Gasteiger charge is 2.18. The van der Waals surface area contributed by atoms with Crippen molar-refractivity contribution < 1.29 is 19.4 Å². The monoisotopic (exact) mass is 307 g/mol. The first-order valence-corrected chi connectivity index (χ1v) is 7.72. The highest BCUT2D eigenvalue weighted by Crippen LogP contribution is 2.13. The lowest BCUT2D eigenvalue weighted by Crippen LogP contribution is -2.40. The Hall–Kier alpha value is -2.04. The molecule has 5 heteroatoms. The van der Waals surface area contributed by atoms with Crippen molar-refractivity contribution >= 4 is 11.9 Å². The summed E-state index contributed by atoms with van der Waals surface area (Å²) in [5.74, 6) is -0.351. The molecule has 0 aliphatic carbocycles. The topological polar surface area (TPSA) is 75.6 Å². The lowest BCUT2D eigenvalue weighted by Gasteiger charge is -2.14. The molecule has 0 saturated carbocycles. The fourth-order valence-corrected chi connectivity index (χ4v) is 2.18. The van der Waals surface area contributed by atoms with Crippen molar-refractivity contribution in [2.45, 2.75) is 51.5 Å². The first-order valence-electron chi connectivity index (χ1n) is 7.72. The van der Waals surface area contributed by atoms with Crippen molar-refractivity contribution in [3.63, 3.8) is 0 Å². The number of amides is 1. The van der Waals surface area contributed by atoms with E-state index in [-0.39, 0.29) is 5.91 Å². The van der Waals surface area contributed by atoms with Crippen LogP contribution in [0.3, 0.4) is 0 Å². The third kappa shape index (κ3) is 6.61. The van der Waals surface area contributed by atoms with Crippen LogP contribution in [-0.2, 0) is 16.0 Å². The van der Waals surface area contributed by atoms with Crippen LogP contribution in [0, 0.1) is 0 Å². The smallest absolute Gasteiger partial charge is 0.326 e. The summed E-state index contributed by atoms with van der Waals surface area (Å²) in [6.45, 7) is 2.00. The minimum Gasteiger partial charge on any atom is -0.497 e. The Balaban J connectivity index is 2.33. The second kappa shape index (κ2) is 9.82. The van der Waals surface area contributed by atoms with Crippen molar-refractivity contribution in [1.82, 2.24) is 5.32 Å². The van der Waals surface area contributed by atoms with Crippen LogP contribution in [0.2, 0.25) is 0 Å². The predicted octanol–water partition coefficient (Wildman–Crippen LogP) is 2.78. The van der Waals surface area contributed by atoms with Crippen LogP contribution in [0.4, 0.5) is 0 Å². The molecule has 1 aromatic carbocycles. The highest BCUT2D eigenvalue weighted by atomic mass is 16.5. The van der Waals surface area contributed by atoms with Crippen LogP contribution >= 0.6 is 0 Å². The van der Waals surface area contributed by atoms with Crippen LogP contribution in [0.5, 0.6) is 5.75 Å². The quantitative estimate of drug-likeness (QED) is 0.697. The van der Waals surface area contributed by atoms with E-state index in [1.807, 2.05) is 31.2 Å². The van der Waals surface area contributed by atoms with Crippen LogP contribution in [0.15, 0.2) is 24.3 Å². The molecule has 0 unspecified atom stereocenters. The first kappa shape index (κ1) is 18.0.